The Labute approximate surface area is 136 Å². The molecule has 2 fully saturated rings. The maximum absolute atomic E-state index is 5.84. The van der Waals surface area contributed by atoms with Crippen molar-refractivity contribution in [1.29, 1.82) is 0 Å². The largest absolute Gasteiger partial charge is 0.374 e. The summed E-state index contributed by atoms with van der Waals surface area (Å²) in [5.41, 5.74) is 1.47. The highest BCUT2D eigenvalue weighted by Gasteiger charge is 2.30. The Bertz CT molecular complexity index is 445. The summed E-state index contributed by atoms with van der Waals surface area (Å²) in [5.74, 6) is 0.731. The SMILES string of the molecule is CCN1CCOC(CNC2CC(c3ccc(Br)cc3)C2)C1. The molecule has 0 amide bonds. The van der Waals surface area contributed by atoms with Gasteiger partial charge in [-0.05, 0) is 43.0 Å². The van der Waals surface area contributed by atoms with Gasteiger partial charge < -0.3 is 10.1 Å². The molecule has 3 nitrogen and oxygen atoms in total. The summed E-state index contributed by atoms with van der Waals surface area (Å²) in [4.78, 5) is 2.47. The van der Waals surface area contributed by atoms with E-state index in [9.17, 15) is 0 Å². The van der Waals surface area contributed by atoms with Crippen LogP contribution in [0.5, 0.6) is 0 Å². The summed E-state index contributed by atoms with van der Waals surface area (Å²) in [6, 6.07) is 9.44. The van der Waals surface area contributed by atoms with Crippen molar-refractivity contribution in [3.8, 4) is 0 Å². The third-order valence-electron chi connectivity index (χ3n) is 4.78. The summed E-state index contributed by atoms with van der Waals surface area (Å²) < 4.78 is 7.01. The summed E-state index contributed by atoms with van der Waals surface area (Å²) in [6.45, 7) is 7.40. The molecular formula is C17H25BrN2O. The van der Waals surface area contributed by atoms with E-state index in [0.29, 0.717) is 12.1 Å². The lowest BCUT2D eigenvalue weighted by atomic mass is 9.76. The van der Waals surface area contributed by atoms with Crippen LogP contribution < -0.4 is 5.32 Å². The number of likely N-dealkylation sites (N-methyl/N-ethyl adjacent to an activating group) is 1. The van der Waals surface area contributed by atoms with Crippen molar-refractivity contribution in [2.75, 3.05) is 32.8 Å². The molecule has 3 rings (SSSR count). The first-order chi connectivity index (χ1) is 10.2. The van der Waals surface area contributed by atoms with Gasteiger partial charge in [0.2, 0.25) is 0 Å². The molecule has 1 aromatic rings. The second-order valence-corrected chi connectivity index (χ2v) is 7.13. The molecule has 116 valence electrons. The first kappa shape index (κ1) is 15.5. The highest BCUT2D eigenvalue weighted by atomic mass is 79.9. The van der Waals surface area contributed by atoms with Gasteiger partial charge in [-0.25, -0.2) is 0 Å². The van der Waals surface area contributed by atoms with Gasteiger partial charge in [0.25, 0.3) is 0 Å². The molecular weight excluding hydrogens is 328 g/mol. The number of hydrogen-bond acceptors (Lipinski definition) is 3. The van der Waals surface area contributed by atoms with E-state index >= 15 is 0 Å². The lowest BCUT2D eigenvalue weighted by molar-refractivity contribution is -0.0276. The number of ether oxygens (including phenoxy) is 1. The summed E-state index contributed by atoms with van der Waals surface area (Å²) in [6.07, 6.45) is 2.88. The van der Waals surface area contributed by atoms with Crippen LogP contribution in [-0.4, -0.2) is 49.8 Å². The van der Waals surface area contributed by atoms with Gasteiger partial charge in [0.1, 0.15) is 0 Å². The Morgan fingerprint density at radius 2 is 2.05 bits per heavy atom. The molecule has 0 spiro atoms. The lowest BCUT2D eigenvalue weighted by Gasteiger charge is -2.38. The van der Waals surface area contributed by atoms with Gasteiger partial charge in [-0.2, -0.15) is 0 Å². The van der Waals surface area contributed by atoms with E-state index in [0.717, 1.165) is 43.2 Å². The summed E-state index contributed by atoms with van der Waals surface area (Å²) >= 11 is 3.50. The van der Waals surface area contributed by atoms with Crippen LogP contribution in [0.15, 0.2) is 28.7 Å². The molecule has 0 bridgehead atoms. The van der Waals surface area contributed by atoms with E-state index in [2.05, 4.69) is 57.3 Å². The van der Waals surface area contributed by atoms with Gasteiger partial charge in [0.15, 0.2) is 0 Å². The van der Waals surface area contributed by atoms with Crippen LogP contribution in [0.3, 0.4) is 0 Å². The molecule has 2 aliphatic rings. The molecule has 0 radical (unpaired) electrons. The average molecular weight is 353 g/mol. The van der Waals surface area contributed by atoms with Crippen molar-refractivity contribution in [2.24, 2.45) is 0 Å². The molecule has 21 heavy (non-hydrogen) atoms. The summed E-state index contributed by atoms with van der Waals surface area (Å²) in [7, 11) is 0. The fourth-order valence-corrected chi connectivity index (χ4v) is 3.55. The molecule has 1 heterocycles. The van der Waals surface area contributed by atoms with Crippen LogP contribution in [0.4, 0.5) is 0 Å². The van der Waals surface area contributed by atoms with Crippen molar-refractivity contribution < 1.29 is 4.74 Å². The predicted octanol–water partition coefficient (Wildman–Crippen LogP) is 3.01. The van der Waals surface area contributed by atoms with Crippen LogP contribution in [0, 0.1) is 0 Å². The van der Waals surface area contributed by atoms with Gasteiger partial charge in [-0.3, -0.25) is 4.90 Å². The smallest absolute Gasteiger partial charge is 0.0826 e. The van der Waals surface area contributed by atoms with Crippen LogP contribution in [0.1, 0.15) is 31.2 Å². The maximum Gasteiger partial charge on any atom is 0.0826 e. The Morgan fingerprint density at radius 3 is 2.76 bits per heavy atom. The van der Waals surface area contributed by atoms with E-state index in [4.69, 9.17) is 4.74 Å². The van der Waals surface area contributed by atoms with E-state index in [1.807, 2.05) is 0 Å². The van der Waals surface area contributed by atoms with Gasteiger partial charge in [-0.15, -0.1) is 0 Å². The maximum atomic E-state index is 5.84. The van der Waals surface area contributed by atoms with E-state index < -0.39 is 0 Å². The van der Waals surface area contributed by atoms with E-state index in [1.54, 1.807) is 0 Å². The van der Waals surface area contributed by atoms with Gasteiger partial charge in [0, 0.05) is 30.1 Å². The van der Waals surface area contributed by atoms with Crippen molar-refractivity contribution in [1.82, 2.24) is 10.2 Å². The van der Waals surface area contributed by atoms with E-state index in [-0.39, 0.29) is 0 Å². The lowest BCUT2D eigenvalue weighted by Crippen LogP contribution is -2.50. The van der Waals surface area contributed by atoms with Crippen molar-refractivity contribution >= 4 is 15.9 Å². The molecule has 1 N–H and O–H groups in total. The molecule has 1 aliphatic heterocycles. The molecule has 1 unspecified atom stereocenters. The number of benzene rings is 1. The monoisotopic (exact) mass is 352 g/mol. The first-order valence-electron chi connectivity index (χ1n) is 8.07. The third kappa shape index (κ3) is 4.07. The van der Waals surface area contributed by atoms with Gasteiger partial charge >= 0.3 is 0 Å². The zero-order valence-corrected chi connectivity index (χ0v) is 14.3. The number of halogens is 1. The van der Waals surface area contributed by atoms with Crippen LogP contribution in [0.2, 0.25) is 0 Å². The molecule has 1 saturated heterocycles. The zero-order chi connectivity index (χ0) is 14.7. The first-order valence-corrected chi connectivity index (χ1v) is 8.86. The van der Waals surface area contributed by atoms with Gasteiger partial charge in [0.05, 0.1) is 12.7 Å². The second-order valence-electron chi connectivity index (χ2n) is 6.21. The highest BCUT2D eigenvalue weighted by molar-refractivity contribution is 9.10. The van der Waals surface area contributed by atoms with Crippen LogP contribution in [-0.2, 0) is 4.74 Å². The molecule has 0 aromatic heterocycles. The quantitative estimate of drug-likeness (QED) is 0.881. The van der Waals surface area contributed by atoms with Crippen molar-refractivity contribution in [2.45, 2.75) is 37.8 Å². The second kappa shape index (κ2) is 7.23. The number of hydrogen-bond donors (Lipinski definition) is 1. The fourth-order valence-electron chi connectivity index (χ4n) is 3.28. The number of nitrogens with one attached hydrogen (secondary N) is 1. The Morgan fingerprint density at radius 1 is 1.29 bits per heavy atom. The van der Waals surface area contributed by atoms with Gasteiger partial charge in [-0.1, -0.05) is 35.0 Å². The normalized spacial score (nSPS) is 30.1. The minimum absolute atomic E-state index is 0.366. The minimum atomic E-state index is 0.366. The van der Waals surface area contributed by atoms with Crippen LogP contribution in [0.25, 0.3) is 0 Å². The standard InChI is InChI=1S/C17H25BrN2O/c1-2-20-7-8-21-17(12-20)11-19-16-9-14(10-16)13-3-5-15(18)6-4-13/h3-6,14,16-17,19H,2,7-12H2,1H3. The minimum Gasteiger partial charge on any atom is -0.374 e. The zero-order valence-electron chi connectivity index (χ0n) is 12.7. The number of rotatable bonds is 5. The Hall–Kier alpha value is -0.420. The van der Waals surface area contributed by atoms with Crippen LogP contribution >= 0.6 is 15.9 Å². The van der Waals surface area contributed by atoms with Crippen molar-refractivity contribution in [3.63, 3.8) is 0 Å². The average Bonchev–Trinajstić information content (AvgIpc) is 2.47. The fraction of sp³-hybridized carbons (Fsp3) is 0.647. The molecule has 1 aliphatic carbocycles. The molecule has 1 atom stereocenters. The topological polar surface area (TPSA) is 24.5 Å². The number of nitrogens with zero attached hydrogens (tertiary/aromatic N) is 1. The van der Waals surface area contributed by atoms with Crippen molar-refractivity contribution in [3.05, 3.63) is 34.3 Å². The molecule has 1 saturated carbocycles. The molecule has 4 heteroatoms. The predicted molar refractivity (Wildman–Crippen MR) is 89.8 cm³/mol. The summed E-state index contributed by atoms with van der Waals surface area (Å²) in [5, 5.41) is 3.68. The Kier molecular flexibility index (Phi) is 5.33. The Balaban J connectivity index is 1.38. The number of morpholine rings is 1. The molecule has 1 aromatic carbocycles. The van der Waals surface area contributed by atoms with E-state index in [1.165, 1.54) is 18.4 Å². The third-order valence-corrected chi connectivity index (χ3v) is 5.31. The highest BCUT2D eigenvalue weighted by Crippen LogP contribution is 2.37.